The normalized spacial score (nSPS) is 15.1. The third-order valence-corrected chi connectivity index (χ3v) is 2.69. The third kappa shape index (κ3) is 6.10. The van der Waals surface area contributed by atoms with Crippen LogP contribution < -0.4 is 5.32 Å². The van der Waals surface area contributed by atoms with E-state index in [1.807, 2.05) is 0 Å². The van der Waals surface area contributed by atoms with Gasteiger partial charge in [-0.25, -0.2) is 4.79 Å². The Hall–Kier alpha value is -0.580. The molecular formula is C11H20BrNO3. The molecule has 0 heterocycles. The lowest BCUT2D eigenvalue weighted by molar-refractivity contribution is -0.120. The molecule has 0 aromatic rings. The molecule has 1 N–H and O–H groups in total. The molecule has 0 radical (unpaired) electrons. The molecule has 0 fully saturated rings. The van der Waals surface area contributed by atoms with Crippen LogP contribution in [0.3, 0.4) is 0 Å². The first-order chi connectivity index (χ1) is 7.17. The molecule has 2 atom stereocenters. The minimum atomic E-state index is -0.521. The predicted octanol–water partition coefficient (Wildman–Crippen LogP) is 2.50. The molecule has 0 aliphatic carbocycles. The number of halogens is 1. The molecular weight excluding hydrogens is 274 g/mol. The van der Waals surface area contributed by atoms with E-state index in [1.165, 1.54) is 0 Å². The molecule has 0 aromatic heterocycles. The van der Waals surface area contributed by atoms with Crippen molar-refractivity contribution in [3.05, 3.63) is 0 Å². The molecule has 0 rings (SSSR count). The second kappa shape index (κ2) is 6.23. The van der Waals surface area contributed by atoms with Crippen LogP contribution in [0.5, 0.6) is 0 Å². The first-order valence-electron chi connectivity index (χ1n) is 5.25. The Morgan fingerprint density at radius 1 is 1.31 bits per heavy atom. The van der Waals surface area contributed by atoms with Crippen molar-refractivity contribution in [1.29, 1.82) is 0 Å². The Morgan fingerprint density at radius 2 is 1.81 bits per heavy atom. The number of alkyl halides is 1. The molecule has 0 saturated carbocycles. The van der Waals surface area contributed by atoms with Gasteiger partial charge in [0, 0.05) is 12.0 Å². The van der Waals surface area contributed by atoms with Crippen LogP contribution in [0.1, 0.15) is 34.6 Å². The van der Waals surface area contributed by atoms with E-state index < -0.39 is 11.7 Å². The van der Waals surface area contributed by atoms with Gasteiger partial charge in [-0.2, -0.15) is 0 Å². The Labute approximate surface area is 105 Å². The fourth-order valence-corrected chi connectivity index (χ4v) is 1.53. The van der Waals surface area contributed by atoms with Gasteiger partial charge in [-0.05, 0) is 27.7 Å². The number of carbonyl (C=O) groups excluding carboxylic acids is 2. The highest BCUT2D eigenvalue weighted by atomic mass is 79.9. The fraction of sp³-hybridized carbons (Fsp3) is 0.818. The van der Waals surface area contributed by atoms with Gasteiger partial charge >= 0.3 is 6.09 Å². The van der Waals surface area contributed by atoms with Crippen LogP contribution >= 0.6 is 15.9 Å². The fourth-order valence-electron chi connectivity index (χ4n) is 1.02. The van der Waals surface area contributed by atoms with Gasteiger partial charge < -0.3 is 10.1 Å². The zero-order valence-electron chi connectivity index (χ0n) is 10.5. The smallest absolute Gasteiger partial charge is 0.407 e. The van der Waals surface area contributed by atoms with Crippen molar-refractivity contribution in [2.24, 2.45) is 5.92 Å². The third-order valence-electron chi connectivity index (χ3n) is 2.13. The van der Waals surface area contributed by atoms with Crippen LogP contribution in [-0.4, -0.2) is 28.8 Å². The quantitative estimate of drug-likeness (QED) is 0.810. The molecule has 0 aliphatic rings. The zero-order chi connectivity index (χ0) is 12.9. The van der Waals surface area contributed by atoms with E-state index in [2.05, 4.69) is 21.2 Å². The molecule has 2 unspecified atom stereocenters. The SMILES string of the molecule is CC(NC(=O)OC(C)(C)C)C(C)C(=O)CBr. The standard InChI is InChI=1S/C11H20BrNO3/c1-7(9(14)6-12)8(2)13-10(15)16-11(3,4)5/h7-8H,6H2,1-5H3,(H,13,15). The first-order valence-corrected chi connectivity index (χ1v) is 6.37. The summed E-state index contributed by atoms with van der Waals surface area (Å²) in [5, 5.41) is 2.95. The number of hydrogen-bond acceptors (Lipinski definition) is 3. The Morgan fingerprint density at radius 3 is 2.19 bits per heavy atom. The first kappa shape index (κ1) is 15.4. The van der Waals surface area contributed by atoms with Gasteiger partial charge in [0.15, 0.2) is 0 Å². The predicted molar refractivity (Wildman–Crippen MR) is 66.8 cm³/mol. The average Bonchev–Trinajstić information content (AvgIpc) is 2.12. The lowest BCUT2D eigenvalue weighted by Gasteiger charge is -2.24. The van der Waals surface area contributed by atoms with Crippen molar-refractivity contribution in [1.82, 2.24) is 5.32 Å². The van der Waals surface area contributed by atoms with Crippen molar-refractivity contribution in [2.45, 2.75) is 46.3 Å². The summed E-state index contributed by atoms with van der Waals surface area (Å²) < 4.78 is 5.10. The molecule has 0 aliphatic heterocycles. The minimum Gasteiger partial charge on any atom is -0.444 e. The lowest BCUT2D eigenvalue weighted by atomic mass is 10.00. The Balaban J connectivity index is 4.19. The highest BCUT2D eigenvalue weighted by Crippen LogP contribution is 2.09. The average molecular weight is 294 g/mol. The molecule has 0 spiro atoms. The molecule has 94 valence electrons. The highest BCUT2D eigenvalue weighted by Gasteiger charge is 2.23. The van der Waals surface area contributed by atoms with E-state index in [1.54, 1.807) is 34.6 Å². The summed E-state index contributed by atoms with van der Waals surface area (Å²) in [5.74, 6) is -0.171. The monoisotopic (exact) mass is 293 g/mol. The molecule has 1 amide bonds. The number of ketones is 1. The van der Waals surface area contributed by atoms with Crippen LogP contribution in [0.15, 0.2) is 0 Å². The van der Waals surface area contributed by atoms with Gasteiger partial charge in [0.1, 0.15) is 11.4 Å². The largest absolute Gasteiger partial charge is 0.444 e. The number of alkyl carbamates (subject to hydrolysis) is 1. The molecule has 0 bridgehead atoms. The van der Waals surface area contributed by atoms with Crippen molar-refractivity contribution in [3.8, 4) is 0 Å². The van der Waals surface area contributed by atoms with Crippen LogP contribution in [-0.2, 0) is 9.53 Å². The molecule has 0 aromatic carbocycles. The van der Waals surface area contributed by atoms with Crippen LogP contribution in [0.4, 0.5) is 4.79 Å². The Bertz CT molecular complexity index is 260. The number of rotatable bonds is 4. The van der Waals surface area contributed by atoms with E-state index in [4.69, 9.17) is 4.74 Å². The summed E-state index contributed by atoms with van der Waals surface area (Å²) in [6.45, 7) is 8.96. The minimum absolute atomic E-state index is 0.0589. The summed E-state index contributed by atoms with van der Waals surface area (Å²) in [7, 11) is 0. The van der Waals surface area contributed by atoms with Gasteiger partial charge in [-0.3, -0.25) is 4.79 Å². The molecule has 0 saturated heterocycles. The molecule has 16 heavy (non-hydrogen) atoms. The van der Waals surface area contributed by atoms with Crippen molar-refractivity contribution < 1.29 is 14.3 Å². The van der Waals surface area contributed by atoms with Gasteiger partial charge in [0.2, 0.25) is 0 Å². The summed E-state index contributed by atoms with van der Waals surface area (Å²) in [6.07, 6.45) is -0.491. The summed E-state index contributed by atoms with van der Waals surface area (Å²) in [5.41, 5.74) is -0.521. The Kier molecular flexibility index (Phi) is 6.00. The summed E-state index contributed by atoms with van der Waals surface area (Å²) in [6, 6.07) is -0.236. The van der Waals surface area contributed by atoms with Crippen LogP contribution in [0.2, 0.25) is 0 Å². The number of Topliss-reactive ketones (excluding diaryl/α,β-unsaturated/α-hetero) is 1. The van der Waals surface area contributed by atoms with Crippen molar-refractivity contribution in [2.75, 3.05) is 5.33 Å². The van der Waals surface area contributed by atoms with E-state index in [9.17, 15) is 9.59 Å². The van der Waals surface area contributed by atoms with Crippen molar-refractivity contribution >= 4 is 27.8 Å². The summed E-state index contributed by atoms with van der Waals surface area (Å²) in [4.78, 5) is 22.8. The van der Waals surface area contributed by atoms with E-state index in [0.717, 1.165) is 0 Å². The maximum Gasteiger partial charge on any atom is 0.407 e. The van der Waals surface area contributed by atoms with Gasteiger partial charge in [-0.15, -0.1) is 0 Å². The number of amides is 1. The zero-order valence-corrected chi connectivity index (χ0v) is 12.1. The topological polar surface area (TPSA) is 55.4 Å². The number of hydrogen-bond donors (Lipinski definition) is 1. The van der Waals surface area contributed by atoms with Gasteiger partial charge in [0.05, 0.1) is 5.33 Å². The lowest BCUT2D eigenvalue weighted by Crippen LogP contribution is -2.43. The molecule has 5 heteroatoms. The van der Waals surface area contributed by atoms with Crippen LogP contribution in [0, 0.1) is 5.92 Å². The maximum atomic E-state index is 11.4. The van der Waals surface area contributed by atoms with Crippen LogP contribution in [0.25, 0.3) is 0 Å². The summed E-state index contributed by atoms with van der Waals surface area (Å²) >= 11 is 3.11. The van der Waals surface area contributed by atoms with Crippen molar-refractivity contribution in [3.63, 3.8) is 0 Å². The van der Waals surface area contributed by atoms with E-state index >= 15 is 0 Å². The molecule has 4 nitrogen and oxygen atoms in total. The maximum absolute atomic E-state index is 11.4. The second-order valence-electron chi connectivity index (χ2n) is 4.82. The number of nitrogens with one attached hydrogen (secondary N) is 1. The van der Waals surface area contributed by atoms with E-state index in [-0.39, 0.29) is 17.7 Å². The van der Waals surface area contributed by atoms with Gasteiger partial charge in [0.25, 0.3) is 0 Å². The second-order valence-corrected chi connectivity index (χ2v) is 5.38. The highest BCUT2D eigenvalue weighted by molar-refractivity contribution is 9.09. The van der Waals surface area contributed by atoms with Gasteiger partial charge in [-0.1, -0.05) is 22.9 Å². The number of ether oxygens (including phenoxy) is 1. The number of carbonyl (C=O) groups is 2. The van der Waals surface area contributed by atoms with E-state index in [0.29, 0.717) is 5.33 Å².